The molecule has 4 N–H and O–H groups in total. The number of nitrogens with one attached hydrogen (secondary N) is 2. The molecule has 0 aromatic heterocycles. The number of carbonyl (C=O) groups is 1. The van der Waals surface area contributed by atoms with E-state index >= 15 is 0 Å². The van der Waals surface area contributed by atoms with E-state index < -0.39 is 5.92 Å². The van der Waals surface area contributed by atoms with Crippen LogP contribution < -0.4 is 16.2 Å². The molecule has 6 nitrogen and oxygen atoms in total. The fourth-order valence-electron chi connectivity index (χ4n) is 2.15. The van der Waals surface area contributed by atoms with Crippen LogP contribution in [0.25, 0.3) is 0 Å². The third-order valence-electron chi connectivity index (χ3n) is 3.40. The Bertz CT molecular complexity index is 740. The molecule has 2 rings (SSSR count). The van der Waals surface area contributed by atoms with Crippen molar-refractivity contribution in [2.45, 2.75) is 0 Å². The summed E-state index contributed by atoms with van der Waals surface area (Å²) in [6.45, 7) is 0. The summed E-state index contributed by atoms with van der Waals surface area (Å²) in [7, 11) is 1.55. The first-order chi connectivity index (χ1) is 11.6. The Balaban J connectivity index is 2.41. The largest absolute Gasteiger partial charge is 0.341 e. The fraction of sp³-hybridized carbons (Fsp3) is 0.118. The lowest BCUT2D eigenvalue weighted by molar-refractivity contribution is -0.108. The van der Waals surface area contributed by atoms with Gasteiger partial charge in [-0.3, -0.25) is 10.0 Å². The second kappa shape index (κ2) is 8.24. The van der Waals surface area contributed by atoms with Crippen LogP contribution >= 0.6 is 11.6 Å². The molecular formula is C17H18ClN5O. The summed E-state index contributed by atoms with van der Waals surface area (Å²) in [4.78, 5) is 15.1. The maximum Gasteiger partial charge on any atom is 0.135 e. The molecule has 0 spiro atoms. The molecule has 2 aromatic rings. The lowest BCUT2D eigenvalue weighted by Crippen LogP contribution is -2.29. The van der Waals surface area contributed by atoms with Gasteiger partial charge in [0.15, 0.2) is 0 Å². The van der Waals surface area contributed by atoms with Gasteiger partial charge in [-0.05, 0) is 30.3 Å². The molecule has 0 fully saturated rings. The van der Waals surface area contributed by atoms with E-state index in [2.05, 4.69) is 10.3 Å². The van der Waals surface area contributed by atoms with Gasteiger partial charge in [0.05, 0.1) is 17.1 Å². The smallest absolute Gasteiger partial charge is 0.135 e. The van der Waals surface area contributed by atoms with E-state index in [0.717, 1.165) is 11.9 Å². The number of aliphatic imine (C=N–C) groups is 1. The Morgan fingerprint density at radius 2 is 2.04 bits per heavy atom. The van der Waals surface area contributed by atoms with Gasteiger partial charge in [-0.25, -0.2) is 5.84 Å². The van der Waals surface area contributed by atoms with Crippen LogP contribution in [0.1, 0.15) is 0 Å². The van der Waals surface area contributed by atoms with Gasteiger partial charge in [-0.2, -0.15) is 0 Å². The summed E-state index contributed by atoms with van der Waals surface area (Å²) in [6, 6.07) is 14.6. The number of anilines is 3. The van der Waals surface area contributed by atoms with Crippen LogP contribution in [-0.2, 0) is 4.79 Å². The maximum absolute atomic E-state index is 11.1. The summed E-state index contributed by atoms with van der Waals surface area (Å²) >= 11 is 6.10. The molecule has 0 amide bonds. The fourth-order valence-corrected chi connectivity index (χ4v) is 2.31. The van der Waals surface area contributed by atoms with Gasteiger partial charge < -0.3 is 15.5 Å². The van der Waals surface area contributed by atoms with Crippen molar-refractivity contribution in [3.63, 3.8) is 0 Å². The Morgan fingerprint density at radius 1 is 1.33 bits per heavy atom. The van der Waals surface area contributed by atoms with E-state index in [0.29, 0.717) is 28.5 Å². The monoisotopic (exact) mass is 343 g/mol. The molecule has 0 aliphatic heterocycles. The second-order valence-corrected chi connectivity index (χ2v) is 5.37. The SMILES string of the molecule is CN=C(Nc1ccc(Cl)cc1N(N)c1ccccc1)C(C=N)C=O. The molecule has 1 atom stereocenters. The first-order valence-electron chi connectivity index (χ1n) is 7.19. The van der Waals surface area contributed by atoms with Gasteiger partial charge in [0.1, 0.15) is 18.0 Å². The van der Waals surface area contributed by atoms with E-state index in [1.54, 1.807) is 25.2 Å². The summed E-state index contributed by atoms with van der Waals surface area (Å²) in [5, 5.41) is 12.4. The zero-order chi connectivity index (χ0) is 17.5. The van der Waals surface area contributed by atoms with Gasteiger partial charge in [0.2, 0.25) is 0 Å². The number of carbonyl (C=O) groups excluding carboxylic acids is 1. The van der Waals surface area contributed by atoms with E-state index in [1.165, 1.54) is 5.01 Å². The molecule has 0 aliphatic rings. The number of amidine groups is 1. The van der Waals surface area contributed by atoms with Crippen LogP contribution in [0.15, 0.2) is 53.5 Å². The molecule has 0 aliphatic carbocycles. The lowest BCUT2D eigenvalue weighted by Gasteiger charge is -2.23. The molecule has 0 radical (unpaired) electrons. The number of hydrogen-bond acceptors (Lipinski definition) is 5. The Hall–Kier alpha value is -2.70. The van der Waals surface area contributed by atoms with Crippen molar-refractivity contribution >= 4 is 47.0 Å². The van der Waals surface area contributed by atoms with Crippen LogP contribution in [0.4, 0.5) is 17.1 Å². The van der Waals surface area contributed by atoms with Crippen molar-refractivity contribution in [1.82, 2.24) is 0 Å². The first-order valence-corrected chi connectivity index (χ1v) is 7.57. The summed E-state index contributed by atoms with van der Waals surface area (Å²) in [5.74, 6) is 5.83. The number of rotatable bonds is 6. The van der Waals surface area contributed by atoms with Gasteiger partial charge in [0.25, 0.3) is 0 Å². The summed E-state index contributed by atoms with van der Waals surface area (Å²) in [5.41, 5.74) is 2.02. The van der Waals surface area contributed by atoms with E-state index in [-0.39, 0.29) is 0 Å². The van der Waals surface area contributed by atoms with Gasteiger partial charge in [-0.1, -0.05) is 29.8 Å². The van der Waals surface area contributed by atoms with Crippen molar-refractivity contribution in [2.75, 3.05) is 17.4 Å². The van der Waals surface area contributed by atoms with Gasteiger partial charge in [-0.15, -0.1) is 0 Å². The highest BCUT2D eigenvalue weighted by Crippen LogP contribution is 2.32. The Kier molecular flexibility index (Phi) is 6.06. The van der Waals surface area contributed by atoms with Crippen molar-refractivity contribution in [2.24, 2.45) is 16.8 Å². The Morgan fingerprint density at radius 3 is 2.62 bits per heavy atom. The number of halogens is 1. The van der Waals surface area contributed by atoms with Gasteiger partial charge >= 0.3 is 0 Å². The average Bonchev–Trinajstić information content (AvgIpc) is 2.63. The number of aldehydes is 1. The molecule has 0 bridgehead atoms. The van der Waals surface area contributed by atoms with Crippen LogP contribution in [-0.4, -0.2) is 25.4 Å². The number of hydrazine groups is 1. The topological polar surface area (TPSA) is 94.6 Å². The molecular weight excluding hydrogens is 326 g/mol. The number of nitrogens with two attached hydrogens (primary N) is 1. The highest BCUT2D eigenvalue weighted by atomic mass is 35.5. The molecule has 24 heavy (non-hydrogen) atoms. The molecule has 7 heteroatoms. The number of benzene rings is 2. The highest BCUT2D eigenvalue weighted by Gasteiger charge is 2.16. The van der Waals surface area contributed by atoms with Crippen molar-refractivity contribution in [1.29, 1.82) is 5.41 Å². The van der Waals surface area contributed by atoms with Crippen LogP contribution in [0.3, 0.4) is 0 Å². The predicted octanol–water partition coefficient (Wildman–Crippen LogP) is 3.26. The number of nitrogens with zero attached hydrogens (tertiary/aromatic N) is 2. The van der Waals surface area contributed by atoms with E-state index in [9.17, 15) is 4.79 Å². The normalized spacial score (nSPS) is 12.4. The van der Waals surface area contributed by atoms with Crippen molar-refractivity contribution in [3.05, 3.63) is 53.6 Å². The van der Waals surface area contributed by atoms with Crippen molar-refractivity contribution < 1.29 is 4.79 Å². The minimum absolute atomic E-state index is 0.352. The maximum atomic E-state index is 11.1. The summed E-state index contributed by atoms with van der Waals surface area (Å²) < 4.78 is 0. The zero-order valence-corrected chi connectivity index (χ0v) is 13.9. The second-order valence-electron chi connectivity index (χ2n) is 4.93. The van der Waals surface area contributed by atoms with E-state index in [4.69, 9.17) is 22.9 Å². The average molecular weight is 344 g/mol. The standard InChI is InChI=1S/C17H18ClN5O/c1-21-17(12(10-19)11-24)22-15-8-7-13(18)9-16(15)23(20)14-5-3-2-4-6-14/h2-12,19H,20H2,1H3,(H,21,22). The summed E-state index contributed by atoms with van der Waals surface area (Å²) in [6.07, 6.45) is 1.67. The first kappa shape index (κ1) is 17.7. The van der Waals surface area contributed by atoms with Crippen LogP contribution in [0.5, 0.6) is 0 Å². The lowest BCUT2D eigenvalue weighted by atomic mass is 10.1. The van der Waals surface area contributed by atoms with Crippen LogP contribution in [0.2, 0.25) is 5.02 Å². The minimum Gasteiger partial charge on any atom is -0.341 e. The van der Waals surface area contributed by atoms with E-state index in [1.807, 2.05) is 30.3 Å². The minimum atomic E-state index is -0.749. The van der Waals surface area contributed by atoms with Gasteiger partial charge in [0, 0.05) is 18.3 Å². The zero-order valence-electron chi connectivity index (χ0n) is 13.1. The molecule has 0 saturated heterocycles. The number of para-hydroxylation sites is 1. The molecule has 1 unspecified atom stereocenters. The molecule has 124 valence electrons. The van der Waals surface area contributed by atoms with Crippen LogP contribution in [0, 0.1) is 11.3 Å². The Labute approximate surface area is 145 Å². The predicted molar refractivity (Wildman–Crippen MR) is 99.5 cm³/mol. The molecule has 2 aromatic carbocycles. The number of hydrogen-bond donors (Lipinski definition) is 3. The van der Waals surface area contributed by atoms with Crippen molar-refractivity contribution in [3.8, 4) is 0 Å². The third-order valence-corrected chi connectivity index (χ3v) is 3.63. The molecule has 0 heterocycles. The quantitative estimate of drug-likeness (QED) is 0.247. The third kappa shape index (κ3) is 3.98. The molecule has 0 saturated carbocycles. The highest BCUT2D eigenvalue weighted by molar-refractivity contribution is 6.31.